The summed E-state index contributed by atoms with van der Waals surface area (Å²) in [5, 5.41) is 18.4. The van der Waals surface area contributed by atoms with E-state index in [0.29, 0.717) is 0 Å². The molecule has 108 valence electrons. The highest BCUT2D eigenvalue weighted by Crippen LogP contribution is 2.13. The summed E-state index contributed by atoms with van der Waals surface area (Å²) in [6.45, 7) is 0.346. The van der Waals surface area contributed by atoms with Gasteiger partial charge in [0.15, 0.2) is 0 Å². The highest BCUT2D eigenvalue weighted by Gasteiger charge is 2.25. The maximum Gasteiger partial charge on any atom is 0.265 e. The lowest BCUT2D eigenvalue weighted by atomic mass is 10.1. The number of aliphatic hydroxyl groups is 2. The number of aromatic nitrogens is 1. The molecule has 1 amide bonds. The van der Waals surface area contributed by atoms with Gasteiger partial charge >= 0.3 is 0 Å². The number of carbonyl (C=O) groups excluding carboxylic acids is 1. The standard InChI is InChI=1S/C10H17N3O5S/c1-10(16,6-14)5-12-19(17,18)7-3-8(9(11)15)13(2)4-7/h3-4,12,14,16H,5-6H2,1-2H3,(H2,11,15). The van der Waals surface area contributed by atoms with Crippen molar-refractivity contribution in [3.8, 4) is 0 Å². The molecule has 0 bridgehead atoms. The molecule has 0 saturated carbocycles. The van der Waals surface area contributed by atoms with Gasteiger partial charge in [0.2, 0.25) is 10.0 Å². The van der Waals surface area contributed by atoms with E-state index in [0.717, 1.165) is 6.07 Å². The van der Waals surface area contributed by atoms with Gasteiger partial charge in [0.1, 0.15) is 10.6 Å². The summed E-state index contributed by atoms with van der Waals surface area (Å²) < 4.78 is 27.3. The van der Waals surface area contributed by atoms with Crippen molar-refractivity contribution in [2.45, 2.75) is 17.4 Å². The lowest BCUT2D eigenvalue weighted by Crippen LogP contribution is -2.43. The fourth-order valence-electron chi connectivity index (χ4n) is 1.32. The number of nitrogens with one attached hydrogen (secondary N) is 1. The Hall–Kier alpha value is -1.42. The van der Waals surface area contributed by atoms with Crippen molar-refractivity contribution in [1.29, 1.82) is 0 Å². The third-order valence-electron chi connectivity index (χ3n) is 2.53. The molecule has 0 fully saturated rings. The SMILES string of the molecule is Cn1cc(S(=O)(=O)NCC(C)(O)CO)cc1C(N)=O. The van der Waals surface area contributed by atoms with Crippen LogP contribution < -0.4 is 10.5 Å². The van der Waals surface area contributed by atoms with E-state index in [9.17, 15) is 18.3 Å². The zero-order chi connectivity index (χ0) is 14.8. The molecule has 0 aliphatic carbocycles. The van der Waals surface area contributed by atoms with Crippen molar-refractivity contribution in [3.63, 3.8) is 0 Å². The molecule has 0 saturated heterocycles. The number of hydrogen-bond acceptors (Lipinski definition) is 5. The molecule has 0 aliphatic heterocycles. The Kier molecular flexibility index (Phi) is 4.35. The van der Waals surface area contributed by atoms with Gasteiger partial charge in [-0.05, 0) is 13.0 Å². The van der Waals surface area contributed by atoms with Gasteiger partial charge in [-0.15, -0.1) is 0 Å². The first-order chi connectivity index (χ1) is 8.59. The predicted molar refractivity (Wildman–Crippen MR) is 66.8 cm³/mol. The van der Waals surface area contributed by atoms with Gasteiger partial charge in [0.25, 0.3) is 5.91 Å². The molecule has 1 unspecified atom stereocenters. The van der Waals surface area contributed by atoms with Crippen molar-refractivity contribution < 1.29 is 23.4 Å². The lowest BCUT2D eigenvalue weighted by molar-refractivity contribution is 0.00681. The molecule has 0 spiro atoms. The molecule has 0 aliphatic rings. The second-order valence-electron chi connectivity index (χ2n) is 4.52. The number of primary amides is 1. The van der Waals surface area contributed by atoms with Crippen LogP contribution in [0.1, 0.15) is 17.4 Å². The number of rotatable bonds is 6. The Morgan fingerprint density at radius 1 is 1.58 bits per heavy atom. The van der Waals surface area contributed by atoms with E-state index in [-0.39, 0.29) is 17.1 Å². The van der Waals surface area contributed by atoms with Crippen molar-refractivity contribution in [2.24, 2.45) is 12.8 Å². The molecule has 0 radical (unpaired) electrons. The molecule has 1 aromatic rings. The van der Waals surface area contributed by atoms with Gasteiger partial charge in [-0.1, -0.05) is 0 Å². The van der Waals surface area contributed by atoms with Crippen LogP contribution in [0.2, 0.25) is 0 Å². The highest BCUT2D eigenvalue weighted by atomic mass is 32.2. The Morgan fingerprint density at radius 3 is 2.58 bits per heavy atom. The van der Waals surface area contributed by atoms with Crippen LogP contribution in [0.25, 0.3) is 0 Å². The molecule has 1 atom stereocenters. The van der Waals surface area contributed by atoms with E-state index in [2.05, 4.69) is 4.72 Å². The van der Waals surface area contributed by atoms with Gasteiger partial charge in [0.05, 0.1) is 12.2 Å². The van der Waals surface area contributed by atoms with Crippen molar-refractivity contribution in [3.05, 3.63) is 18.0 Å². The van der Waals surface area contributed by atoms with E-state index in [1.54, 1.807) is 0 Å². The number of nitrogens with two attached hydrogens (primary N) is 1. The van der Waals surface area contributed by atoms with Crippen LogP contribution >= 0.6 is 0 Å². The number of carbonyl (C=O) groups is 1. The Morgan fingerprint density at radius 2 is 2.16 bits per heavy atom. The van der Waals surface area contributed by atoms with Gasteiger partial charge in [-0.25, -0.2) is 13.1 Å². The number of sulfonamides is 1. The third kappa shape index (κ3) is 3.77. The Labute approximate surface area is 110 Å². The minimum Gasteiger partial charge on any atom is -0.393 e. The van der Waals surface area contributed by atoms with Crippen LogP contribution in [0, 0.1) is 0 Å². The molecule has 8 nitrogen and oxygen atoms in total. The summed E-state index contributed by atoms with van der Waals surface area (Å²) in [4.78, 5) is 10.9. The average molecular weight is 291 g/mol. The van der Waals surface area contributed by atoms with E-state index in [1.807, 2.05) is 0 Å². The summed E-state index contributed by atoms with van der Waals surface area (Å²) >= 11 is 0. The van der Waals surface area contributed by atoms with E-state index >= 15 is 0 Å². The minimum atomic E-state index is -3.89. The van der Waals surface area contributed by atoms with Gasteiger partial charge in [0, 0.05) is 19.8 Å². The number of aliphatic hydroxyl groups excluding tert-OH is 1. The molecule has 0 aromatic carbocycles. The molecule has 1 rings (SSSR count). The molecule has 19 heavy (non-hydrogen) atoms. The topological polar surface area (TPSA) is 135 Å². The van der Waals surface area contributed by atoms with Crippen LogP contribution in [-0.4, -0.2) is 47.9 Å². The monoisotopic (exact) mass is 291 g/mol. The quantitative estimate of drug-likeness (QED) is 0.488. The average Bonchev–Trinajstić information content (AvgIpc) is 2.70. The van der Waals surface area contributed by atoms with Crippen LogP contribution in [0.15, 0.2) is 17.2 Å². The van der Waals surface area contributed by atoms with E-state index in [1.165, 1.54) is 24.7 Å². The van der Waals surface area contributed by atoms with Crippen molar-refractivity contribution in [1.82, 2.24) is 9.29 Å². The summed E-state index contributed by atoms with van der Waals surface area (Å²) in [6.07, 6.45) is 1.23. The van der Waals surface area contributed by atoms with Crippen molar-refractivity contribution in [2.75, 3.05) is 13.2 Å². The predicted octanol–water partition coefficient (Wildman–Crippen LogP) is -1.85. The first-order valence-electron chi connectivity index (χ1n) is 5.38. The van der Waals surface area contributed by atoms with Gasteiger partial charge in [-0.3, -0.25) is 4.79 Å². The fraction of sp³-hybridized carbons (Fsp3) is 0.500. The maximum absolute atomic E-state index is 11.9. The summed E-state index contributed by atoms with van der Waals surface area (Å²) in [5.74, 6) is -0.744. The van der Waals surface area contributed by atoms with Crippen LogP contribution in [0.4, 0.5) is 0 Å². The normalized spacial score (nSPS) is 15.2. The zero-order valence-corrected chi connectivity index (χ0v) is 11.4. The van der Waals surface area contributed by atoms with Gasteiger partial charge in [-0.2, -0.15) is 0 Å². The zero-order valence-electron chi connectivity index (χ0n) is 10.6. The number of aryl methyl sites for hydroxylation is 1. The smallest absolute Gasteiger partial charge is 0.265 e. The Bertz CT molecular complexity index is 576. The molecular formula is C10H17N3O5S. The second-order valence-corrected chi connectivity index (χ2v) is 6.28. The number of nitrogens with zero attached hydrogens (tertiary/aromatic N) is 1. The number of amides is 1. The third-order valence-corrected chi connectivity index (χ3v) is 3.89. The summed E-state index contributed by atoms with van der Waals surface area (Å²) in [5.41, 5.74) is 3.58. The minimum absolute atomic E-state index is 0.0503. The Balaban J connectivity index is 2.96. The van der Waals surface area contributed by atoms with E-state index < -0.39 is 28.1 Å². The van der Waals surface area contributed by atoms with Crippen molar-refractivity contribution >= 4 is 15.9 Å². The first-order valence-corrected chi connectivity index (χ1v) is 6.86. The van der Waals surface area contributed by atoms with E-state index in [4.69, 9.17) is 10.8 Å². The highest BCUT2D eigenvalue weighted by molar-refractivity contribution is 7.89. The maximum atomic E-state index is 11.9. The van der Waals surface area contributed by atoms with Gasteiger partial charge < -0.3 is 20.5 Å². The largest absolute Gasteiger partial charge is 0.393 e. The lowest BCUT2D eigenvalue weighted by Gasteiger charge is -2.20. The fourth-order valence-corrected chi connectivity index (χ4v) is 2.55. The van der Waals surface area contributed by atoms with Crippen LogP contribution in [0.3, 0.4) is 0 Å². The van der Waals surface area contributed by atoms with Crippen LogP contribution in [0.5, 0.6) is 0 Å². The molecule has 1 aromatic heterocycles. The number of hydrogen-bond donors (Lipinski definition) is 4. The first kappa shape index (κ1) is 15.6. The van der Waals surface area contributed by atoms with Crippen LogP contribution in [-0.2, 0) is 17.1 Å². The molecule has 1 heterocycles. The molecular weight excluding hydrogens is 274 g/mol. The summed E-state index contributed by atoms with van der Waals surface area (Å²) in [6, 6.07) is 1.14. The second kappa shape index (κ2) is 5.29. The molecule has 9 heteroatoms. The molecule has 5 N–H and O–H groups in total. The summed E-state index contributed by atoms with van der Waals surface area (Å²) in [7, 11) is -2.40.